The molecule has 0 saturated heterocycles. The largest absolute Gasteiger partial charge is 0.508 e. The summed E-state index contributed by atoms with van der Waals surface area (Å²) in [6.45, 7) is 0. The van der Waals surface area contributed by atoms with Crippen LogP contribution in [0.2, 0.25) is 0 Å². The third kappa shape index (κ3) is 1.97. The van der Waals surface area contributed by atoms with E-state index in [1.54, 1.807) is 24.3 Å². The number of hydrogen-bond donors (Lipinski definition) is 2. The number of benzene rings is 3. The summed E-state index contributed by atoms with van der Waals surface area (Å²) < 4.78 is 13.2. The highest BCUT2D eigenvalue weighted by Crippen LogP contribution is 2.38. The standard InChI is InChI=1S/C18H10FNO3/c19-11-4-1-9(2-5-11)15-13-8-12(21)6-3-10(13)7-14-16(15)18(23)20-17(14)22/h1-8,21H,(H,20,22,23). The second-order valence-electron chi connectivity index (χ2n) is 5.37. The summed E-state index contributed by atoms with van der Waals surface area (Å²) in [5.41, 5.74) is 1.65. The van der Waals surface area contributed by atoms with Crippen molar-refractivity contribution in [1.29, 1.82) is 0 Å². The highest BCUT2D eigenvalue weighted by Gasteiger charge is 2.31. The van der Waals surface area contributed by atoms with Crippen LogP contribution in [-0.4, -0.2) is 16.9 Å². The number of amides is 2. The number of aromatic hydroxyl groups is 1. The van der Waals surface area contributed by atoms with Crippen molar-refractivity contribution in [3.63, 3.8) is 0 Å². The predicted octanol–water partition coefficient (Wildman–Crippen LogP) is 3.24. The van der Waals surface area contributed by atoms with E-state index < -0.39 is 17.6 Å². The van der Waals surface area contributed by atoms with Gasteiger partial charge in [-0.05, 0) is 46.7 Å². The maximum Gasteiger partial charge on any atom is 0.259 e. The maximum absolute atomic E-state index is 13.2. The average Bonchev–Trinajstić information content (AvgIpc) is 2.81. The van der Waals surface area contributed by atoms with Gasteiger partial charge in [-0.15, -0.1) is 0 Å². The Morgan fingerprint density at radius 2 is 1.61 bits per heavy atom. The summed E-state index contributed by atoms with van der Waals surface area (Å²) in [5, 5.41) is 13.4. The molecule has 2 N–H and O–H groups in total. The Hall–Kier alpha value is -3.21. The van der Waals surface area contributed by atoms with Crippen molar-refractivity contribution in [2.75, 3.05) is 0 Å². The van der Waals surface area contributed by atoms with E-state index in [0.29, 0.717) is 21.9 Å². The normalized spacial score (nSPS) is 13.3. The fourth-order valence-electron chi connectivity index (χ4n) is 2.95. The quantitative estimate of drug-likeness (QED) is 0.678. The predicted molar refractivity (Wildman–Crippen MR) is 82.8 cm³/mol. The Morgan fingerprint density at radius 1 is 0.870 bits per heavy atom. The van der Waals surface area contributed by atoms with Gasteiger partial charge in [0.05, 0.1) is 11.1 Å². The molecule has 1 heterocycles. The fraction of sp³-hybridized carbons (Fsp3) is 0. The van der Waals surface area contributed by atoms with E-state index in [0.717, 1.165) is 0 Å². The Labute approximate surface area is 130 Å². The molecule has 0 fully saturated rings. The van der Waals surface area contributed by atoms with Gasteiger partial charge in [-0.1, -0.05) is 18.2 Å². The molecule has 0 spiro atoms. The van der Waals surface area contributed by atoms with Gasteiger partial charge in [-0.25, -0.2) is 4.39 Å². The first kappa shape index (κ1) is 13.5. The Bertz CT molecular complexity index is 993. The monoisotopic (exact) mass is 307 g/mol. The first-order valence-electron chi connectivity index (χ1n) is 6.96. The molecule has 1 aliphatic rings. The Kier molecular flexibility index (Phi) is 2.72. The second-order valence-corrected chi connectivity index (χ2v) is 5.37. The molecule has 1 aliphatic heterocycles. The molecule has 112 valence electrons. The van der Waals surface area contributed by atoms with Crippen molar-refractivity contribution in [3.8, 4) is 16.9 Å². The molecular formula is C18H10FNO3. The van der Waals surface area contributed by atoms with Gasteiger partial charge in [0.2, 0.25) is 0 Å². The summed E-state index contributed by atoms with van der Waals surface area (Å²) in [6, 6.07) is 12.0. The van der Waals surface area contributed by atoms with E-state index in [-0.39, 0.29) is 16.9 Å². The summed E-state index contributed by atoms with van der Waals surface area (Å²) in [5.74, 6) is -1.29. The van der Waals surface area contributed by atoms with Gasteiger partial charge in [0.25, 0.3) is 11.8 Å². The van der Waals surface area contributed by atoms with Crippen molar-refractivity contribution in [2.45, 2.75) is 0 Å². The minimum absolute atomic E-state index is 0.0468. The van der Waals surface area contributed by atoms with Gasteiger partial charge in [0.1, 0.15) is 11.6 Å². The third-order valence-electron chi connectivity index (χ3n) is 3.96. The van der Waals surface area contributed by atoms with Crippen molar-refractivity contribution in [2.24, 2.45) is 0 Å². The Balaban J connectivity index is 2.17. The molecule has 0 bridgehead atoms. The number of imide groups is 1. The first-order chi connectivity index (χ1) is 11.0. The SMILES string of the molecule is O=C1NC(=O)c2c1cc1ccc(O)cc1c2-c1ccc(F)cc1. The topological polar surface area (TPSA) is 66.4 Å². The van der Waals surface area contributed by atoms with Gasteiger partial charge >= 0.3 is 0 Å². The molecule has 0 unspecified atom stereocenters. The van der Waals surface area contributed by atoms with E-state index in [9.17, 15) is 19.1 Å². The molecule has 3 aromatic rings. The zero-order chi connectivity index (χ0) is 16.1. The minimum atomic E-state index is -0.491. The molecule has 5 heteroatoms. The van der Waals surface area contributed by atoms with Crippen molar-refractivity contribution >= 4 is 22.6 Å². The smallest absolute Gasteiger partial charge is 0.259 e. The van der Waals surface area contributed by atoms with Gasteiger partial charge in [0.15, 0.2) is 0 Å². The van der Waals surface area contributed by atoms with E-state index in [1.165, 1.54) is 24.3 Å². The van der Waals surface area contributed by atoms with Crippen LogP contribution < -0.4 is 5.32 Å². The molecule has 4 nitrogen and oxygen atoms in total. The lowest BCUT2D eigenvalue weighted by molar-refractivity contribution is 0.0880. The molecule has 2 amide bonds. The first-order valence-corrected chi connectivity index (χ1v) is 6.96. The van der Waals surface area contributed by atoms with Gasteiger partial charge in [-0.2, -0.15) is 0 Å². The van der Waals surface area contributed by atoms with Crippen molar-refractivity contribution in [1.82, 2.24) is 5.32 Å². The third-order valence-corrected chi connectivity index (χ3v) is 3.96. The number of nitrogens with one attached hydrogen (secondary N) is 1. The second kappa shape index (κ2) is 4.64. The molecule has 23 heavy (non-hydrogen) atoms. The fourth-order valence-corrected chi connectivity index (χ4v) is 2.95. The average molecular weight is 307 g/mol. The molecule has 3 aromatic carbocycles. The van der Waals surface area contributed by atoms with E-state index in [1.807, 2.05) is 0 Å². The highest BCUT2D eigenvalue weighted by atomic mass is 19.1. The van der Waals surface area contributed by atoms with Gasteiger partial charge in [0, 0.05) is 5.56 Å². The van der Waals surface area contributed by atoms with Gasteiger partial charge < -0.3 is 5.11 Å². The molecule has 0 aliphatic carbocycles. The van der Waals surface area contributed by atoms with Crippen molar-refractivity contribution in [3.05, 3.63) is 65.5 Å². The van der Waals surface area contributed by atoms with Crippen LogP contribution >= 0.6 is 0 Å². The molecule has 0 saturated carbocycles. The number of hydrogen-bond acceptors (Lipinski definition) is 3. The molecular weight excluding hydrogens is 297 g/mol. The van der Waals surface area contributed by atoms with Crippen LogP contribution in [0.15, 0.2) is 48.5 Å². The van der Waals surface area contributed by atoms with Crippen LogP contribution in [0.5, 0.6) is 5.75 Å². The number of phenolic OH excluding ortho intramolecular Hbond substituents is 1. The van der Waals surface area contributed by atoms with Crippen LogP contribution in [0.25, 0.3) is 21.9 Å². The summed E-state index contributed by atoms with van der Waals surface area (Å²) in [7, 11) is 0. The zero-order valence-electron chi connectivity index (χ0n) is 11.8. The van der Waals surface area contributed by atoms with Crippen LogP contribution in [0.4, 0.5) is 4.39 Å². The summed E-state index contributed by atoms with van der Waals surface area (Å²) in [6.07, 6.45) is 0. The number of phenols is 1. The minimum Gasteiger partial charge on any atom is -0.508 e. The number of halogens is 1. The lowest BCUT2D eigenvalue weighted by atomic mass is 9.90. The van der Waals surface area contributed by atoms with Crippen LogP contribution in [0.1, 0.15) is 20.7 Å². The maximum atomic E-state index is 13.2. The summed E-state index contributed by atoms with van der Waals surface area (Å²) >= 11 is 0. The summed E-state index contributed by atoms with van der Waals surface area (Å²) in [4.78, 5) is 24.2. The zero-order valence-corrected chi connectivity index (χ0v) is 11.8. The Morgan fingerprint density at radius 3 is 2.35 bits per heavy atom. The van der Waals surface area contributed by atoms with E-state index in [4.69, 9.17) is 0 Å². The highest BCUT2D eigenvalue weighted by molar-refractivity contribution is 6.27. The number of rotatable bonds is 1. The van der Waals surface area contributed by atoms with Crippen LogP contribution in [-0.2, 0) is 0 Å². The van der Waals surface area contributed by atoms with Crippen LogP contribution in [0.3, 0.4) is 0 Å². The van der Waals surface area contributed by atoms with E-state index >= 15 is 0 Å². The lowest BCUT2D eigenvalue weighted by Gasteiger charge is -2.12. The number of fused-ring (bicyclic) bond motifs is 2. The van der Waals surface area contributed by atoms with Crippen molar-refractivity contribution < 1.29 is 19.1 Å². The molecule has 0 radical (unpaired) electrons. The number of carbonyl (C=O) groups is 2. The van der Waals surface area contributed by atoms with Crippen LogP contribution in [0, 0.1) is 5.82 Å². The molecule has 0 aromatic heterocycles. The van der Waals surface area contributed by atoms with E-state index in [2.05, 4.69) is 5.32 Å². The number of carbonyl (C=O) groups excluding carboxylic acids is 2. The van der Waals surface area contributed by atoms with Gasteiger partial charge in [-0.3, -0.25) is 14.9 Å². The molecule has 0 atom stereocenters. The lowest BCUT2D eigenvalue weighted by Crippen LogP contribution is -2.20. The molecule has 4 rings (SSSR count).